The Kier molecular flexibility index (Phi) is 1.96. The van der Waals surface area contributed by atoms with Gasteiger partial charge < -0.3 is 5.73 Å². The first-order valence-corrected chi connectivity index (χ1v) is 5.88. The Bertz CT molecular complexity index is 532. The van der Waals surface area contributed by atoms with E-state index in [-0.39, 0.29) is 0 Å². The number of aryl methyl sites for hydroxylation is 2. The van der Waals surface area contributed by atoms with Crippen molar-refractivity contribution in [2.45, 2.75) is 32.7 Å². The maximum Gasteiger partial charge on any atom is 0.202 e. The molecule has 2 N–H and O–H groups in total. The summed E-state index contributed by atoms with van der Waals surface area (Å²) in [6.45, 7) is 3.09. The summed E-state index contributed by atoms with van der Waals surface area (Å²) in [4.78, 5) is 4.44. The van der Waals surface area contributed by atoms with E-state index in [4.69, 9.17) is 5.73 Å². The van der Waals surface area contributed by atoms with Gasteiger partial charge in [0, 0.05) is 13.6 Å². The number of aromatic nitrogens is 4. The molecule has 5 nitrogen and oxygen atoms in total. The first-order valence-electron chi connectivity index (χ1n) is 5.88. The van der Waals surface area contributed by atoms with Crippen LogP contribution in [0.5, 0.6) is 0 Å². The fourth-order valence-electron chi connectivity index (χ4n) is 2.24. The molecule has 1 saturated carbocycles. The van der Waals surface area contributed by atoms with Crippen LogP contribution in [0, 0.1) is 5.92 Å². The van der Waals surface area contributed by atoms with Crippen molar-refractivity contribution in [3.8, 4) is 0 Å². The largest absolute Gasteiger partial charge is 0.369 e. The smallest absolute Gasteiger partial charge is 0.202 e. The van der Waals surface area contributed by atoms with Gasteiger partial charge in [-0.25, -0.2) is 4.98 Å². The van der Waals surface area contributed by atoms with Gasteiger partial charge in [-0.15, -0.1) is 0 Å². The minimum atomic E-state index is 0.629. The number of imidazole rings is 1. The standard InChI is InChI=1S/C11H17N5/c1-3-8-9-10(15(2)14-8)16(11(12)13-9)6-7-4-5-7/h7H,3-6H2,1-2H3,(H2,12,13). The topological polar surface area (TPSA) is 61.7 Å². The summed E-state index contributed by atoms with van der Waals surface area (Å²) < 4.78 is 4.01. The summed E-state index contributed by atoms with van der Waals surface area (Å²) in [5.74, 6) is 1.42. The van der Waals surface area contributed by atoms with Gasteiger partial charge in [-0.1, -0.05) is 6.92 Å². The molecule has 0 radical (unpaired) electrons. The van der Waals surface area contributed by atoms with E-state index in [9.17, 15) is 0 Å². The van der Waals surface area contributed by atoms with Gasteiger partial charge in [-0.3, -0.25) is 9.25 Å². The highest BCUT2D eigenvalue weighted by Gasteiger charge is 2.25. The highest BCUT2D eigenvalue weighted by Crippen LogP contribution is 2.33. The fourth-order valence-corrected chi connectivity index (χ4v) is 2.24. The van der Waals surface area contributed by atoms with Crippen molar-refractivity contribution >= 4 is 17.1 Å². The molecule has 0 aliphatic heterocycles. The van der Waals surface area contributed by atoms with Crippen LogP contribution in [0.3, 0.4) is 0 Å². The van der Waals surface area contributed by atoms with Gasteiger partial charge in [-0.2, -0.15) is 5.10 Å². The van der Waals surface area contributed by atoms with Crippen LogP contribution in [0.15, 0.2) is 0 Å². The molecule has 2 aromatic heterocycles. The Labute approximate surface area is 94.2 Å². The first kappa shape index (κ1) is 9.69. The summed E-state index contributed by atoms with van der Waals surface area (Å²) in [6, 6.07) is 0. The minimum absolute atomic E-state index is 0.629. The second kappa shape index (κ2) is 3.23. The first-order chi connectivity index (χ1) is 7.70. The number of rotatable bonds is 3. The number of fused-ring (bicyclic) bond motifs is 1. The van der Waals surface area contributed by atoms with Crippen LogP contribution in [-0.4, -0.2) is 19.3 Å². The maximum atomic E-state index is 5.98. The Balaban J connectivity index is 2.17. The average Bonchev–Trinajstić information content (AvgIpc) is 2.94. The monoisotopic (exact) mass is 219 g/mol. The Morgan fingerprint density at radius 2 is 2.19 bits per heavy atom. The van der Waals surface area contributed by atoms with Gasteiger partial charge in [-0.05, 0) is 25.2 Å². The SMILES string of the molecule is CCc1nn(C)c2c1nc(N)n2CC1CC1. The summed E-state index contributed by atoms with van der Waals surface area (Å²) in [5, 5.41) is 4.48. The molecule has 0 atom stereocenters. The molecule has 5 heteroatoms. The lowest BCUT2D eigenvalue weighted by molar-refractivity contribution is 0.625. The normalized spacial score (nSPS) is 16.1. The third-order valence-electron chi connectivity index (χ3n) is 3.29. The number of nitrogens with two attached hydrogens (primary N) is 1. The van der Waals surface area contributed by atoms with E-state index in [0.717, 1.165) is 35.7 Å². The molecule has 0 amide bonds. The van der Waals surface area contributed by atoms with Crippen LogP contribution in [-0.2, 0) is 20.0 Å². The van der Waals surface area contributed by atoms with Crippen LogP contribution in [0.1, 0.15) is 25.5 Å². The zero-order valence-electron chi connectivity index (χ0n) is 9.77. The molecule has 0 aromatic carbocycles. The highest BCUT2D eigenvalue weighted by molar-refractivity contribution is 5.77. The highest BCUT2D eigenvalue weighted by atomic mass is 15.3. The van der Waals surface area contributed by atoms with E-state index in [0.29, 0.717) is 5.95 Å². The molecule has 3 rings (SSSR count). The van der Waals surface area contributed by atoms with E-state index in [1.54, 1.807) is 0 Å². The Morgan fingerprint density at radius 3 is 2.81 bits per heavy atom. The van der Waals surface area contributed by atoms with Gasteiger partial charge >= 0.3 is 0 Å². The number of anilines is 1. The van der Waals surface area contributed by atoms with Gasteiger partial charge in [0.15, 0.2) is 5.65 Å². The number of hydrogen-bond donors (Lipinski definition) is 1. The molecule has 1 aliphatic carbocycles. The molecule has 2 heterocycles. The molecular formula is C11H17N5. The van der Waals surface area contributed by atoms with E-state index < -0.39 is 0 Å². The van der Waals surface area contributed by atoms with E-state index in [1.165, 1.54) is 12.8 Å². The lowest BCUT2D eigenvalue weighted by atomic mass is 10.3. The van der Waals surface area contributed by atoms with Crippen LogP contribution in [0.25, 0.3) is 11.2 Å². The number of hydrogen-bond acceptors (Lipinski definition) is 3. The molecular weight excluding hydrogens is 202 g/mol. The molecule has 0 spiro atoms. The number of nitrogens with zero attached hydrogens (tertiary/aromatic N) is 4. The molecule has 2 aromatic rings. The van der Waals surface area contributed by atoms with Crippen LogP contribution in [0.4, 0.5) is 5.95 Å². The fraction of sp³-hybridized carbons (Fsp3) is 0.636. The molecule has 16 heavy (non-hydrogen) atoms. The lowest BCUT2D eigenvalue weighted by Gasteiger charge is -2.04. The summed E-state index contributed by atoms with van der Waals surface area (Å²) in [7, 11) is 1.96. The summed E-state index contributed by atoms with van der Waals surface area (Å²) >= 11 is 0. The quantitative estimate of drug-likeness (QED) is 0.847. The van der Waals surface area contributed by atoms with Gasteiger partial charge in [0.25, 0.3) is 0 Å². The van der Waals surface area contributed by atoms with Crippen molar-refractivity contribution in [2.24, 2.45) is 13.0 Å². The minimum Gasteiger partial charge on any atom is -0.369 e. The van der Waals surface area contributed by atoms with E-state index >= 15 is 0 Å². The second-order valence-electron chi connectivity index (χ2n) is 4.62. The lowest BCUT2D eigenvalue weighted by Crippen LogP contribution is -2.08. The van der Waals surface area contributed by atoms with E-state index in [1.807, 2.05) is 11.7 Å². The maximum absolute atomic E-state index is 5.98. The molecule has 86 valence electrons. The average molecular weight is 219 g/mol. The van der Waals surface area contributed by atoms with Crippen LogP contribution in [0.2, 0.25) is 0 Å². The zero-order valence-corrected chi connectivity index (χ0v) is 9.77. The van der Waals surface area contributed by atoms with Crippen molar-refractivity contribution < 1.29 is 0 Å². The molecule has 1 aliphatic rings. The summed E-state index contributed by atoms with van der Waals surface area (Å²) in [6.07, 6.45) is 3.53. The third kappa shape index (κ3) is 1.31. The second-order valence-corrected chi connectivity index (χ2v) is 4.62. The summed E-state index contributed by atoms with van der Waals surface area (Å²) in [5.41, 5.74) is 9.06. The molecule has 0 unspecified atom stereocenters. The van der Waals surface area contributed by atoms with Crippen molar-refractivity contribution in [2.75, 3.05) is 5.73 Å². The van der Waals surface area contributed by atoms with Gasteiger partial charge in [0.1, 0.15) is 5.52 Å². The Hall–Kier alpha value is -1.52. The Morgan fingerprint density at radius 1 is 1.44 bits per heavy atom. The van der Waals surface area contributed by atoms with Crippen LogP contribution < -0.4 is 5.73 Å². The third-order valence-corrected chi connectivity index (χ3v) is 3.29. The zero-order chi connectivity index (χ0) is 11.3. The van der Waals surface area contributed by atoms with E-state index in [2.05, 4.69) is 21.6 Å². The van der Waals surface area contributed by atoms with Crippen molar-refractivity contribution in [3.63, 3.8) is 0 Å². The van der Waals surface area contributed by atoms with Gasteiger partial charge in [0.2, 0.25) is 5.95 Å². The van der Waals surface area contributed by atoms with Gasteiger partial charge in [0.05, 0.1) is 5.69 Å². The predicted molar refractivity (Wildman–Crippen MR) is 63.0 cm³/mol. The number of nitrogen functional groups attached to an aromatic ring is 1. The predicted octanol–water partition coefficient (Wildman–Crippen LogP) is 1.32. The molecule has 1 fully saturated rings. The molecule has 0 saturated heterocycles. The molecule has 0 bridgehead atoms. The van der Waals surface area contributed by atoms with Crippen LogP contribution >= 0.6 is 0 Å². The van der Waals surface area contributed by atoms with Crippen molar-refractivity contribution in [1.29, 1.82) is 0 Å². The van der Waals surface area contributed by atoms with Crippen molar-refractivity contribution in [1.82, 2.24) is 19.3 Å². The van der Waals surface area contributed by atoms with Crippen molar-refractivity contribution in [3.05, 3.63) is 5.69 Å².